The fourth-order valence-electron chi connectivity index (χ4n) is 8.38. The Morgan fingerprint density at radius 2 is 1.53 bits per heavy atom. The Balaban J connectivity index is 0.995. The fourth-order valence-corrected chi connectivity index (χ4v) is 8.38. The van der Waals surface area contributed by atoms with E-state index in [1.807, 2.05) is 88.7 Å². The van der Waals surface area contributed by atoms with E-state index in [9.17, 15) is 9.59 Å². The van der Waals surface area contributed by atoms with Gasteiger partial charge < -0.3 is 19.8 Å². The van der Waals surface area contributed by atoms with Crippen molar-refractivity contribution in [3.63, 3.8) is 0 Å². The van der Waals surface area contributed by atoms with Gasteiger partial charge in [0.2, 0.25) is 11.8 Å². The Labute approximate surface area is 322 Å². The second-order valence-corrected chi connectivity index (χ2v) is 14.5. The average molecular weight is 730 g/mol. The van der Waals surface area contributed by atoms with Crippen molar-refractivity contribution in [2.24, 2.45) is 0 Å². The van der Waals surface area contributed by atoms with Gasteiger partial charge in [-0.2, -0.15) is 0 Å². The summed E-state index contributed by atoms with van der Waals surface area (Å²) in [6.45, 7) is 7.26. The van der Waals surface area contributed by atoms with E-state index < -0.39 is 0 Å². The van der Waals surface area contributed by atoms with Crippen LogP contribution in [0.5, 0.6) is 0 Å². The van der Waals surface area contributed by atoms with Gasteiger partial charge in [-0.1, -0.05) is 98.5 Å². The Bertz CT molecular complexity index is 2330. The molecule has 9 nitrogen and oxygen atoms in total. The third-order valence-corrected chi connectivity index (χ3v) is 11.1. The standard InChI is InChI=1S/C46H47N7O2/c1-3-51(4-2)44(35-17-9-6-10-18-35)46(55)53-27-13-21-40(53)45-49-37-25-24-34(29-38(37)50-45)23-22-33-16-11-19-36(28-33)42-43(48-31-47-42)39-20-12-26-52(39)41(54)30-32-14-7-5-8-15-32/h5-11,14-19,24-25,28-29,31,39-40,44H,3-4,12-13,20-21,26-27,30H2,1-2H3,(H,47,48)(H,49,50)/t39-,40-,44+/m0/s1. The van der Waals surface area contributed by atoms with Gasteiger partial charge in [-0.25, -0.2) is 9.97 Å². The molecular formula is C46H47N7O2. The minimum absolute atomic E-state index is 0.0691. The van der Waals surface area contributed by atoms with Crippen LogP contribution in [0.25, 0.3) is 22.3 Å². The molecule has 0 aliphatic carbocycles. The van der Waals surface area contributed by atoms with Gasteiger partial charge in [-0.05, 0) is 80.2 Å². The van der Waals surface area contributed by atoms with Crippen molar-refractivity contribution in [1.82, 2.24) is 34.6 Å². The molecule has 2 fully saturated rings. The highest BCUT2D eigenvalue weighted by atomic mass is 16.2. The number of likely N-dealkylation sites (N-methyl/N-ethyl adjacent to an activating group) is 1. The number of rotatable bonds is 10. The van der Waals surface area contributed by atoms with E-state index in [0.717, 1.165) is 101 Å². The van der Waals surface area contributed by atoms with Gasteiger partial charge >= 0.3 is 0 Å². The molecule has 0 saturated carbocycles. The first-order valence-corrected chi connectivity index (χ1v) is 19.6. The summed E-state index contributed by atoms with van der Waals surface area (Å²) in [5, 5.41) is 0. The van der Waals surface area contributed by atoms with Gasteiger partial charge in [0, 0.05) is 29.8 Å². The van der Waals surface area contributed by atoms with Gasteiger partial charge in [0.25, 0.3) is 0 Å². The summed E-state index contributed by atoms with van der Waals surface area (Å²) >= 11 is 0. The normalized spacial score (nSPS) is 17.4. The third-order valence-electron chi connectivity index (χ3n) is 11.1. The lowest BCUT2D eigenvalue weighted by atomic mass is 10.0. The first-order valence-electron chi connectivity index (χ1n) is 19.6. The number of aromatic nitrogens is 4. The molecule has 4 heterocycles. The molecule has 2 aliphatic rings. The van der Waals surface area contributed by atoms with Crippen LogP contribution in [0.2, 0.25) is 0 Å². The van der Waals surface area contributed by atoms with Crippen LogP contribution < -0.4 is 0 Å². The number of H-pyrrole nitrogens is 2. The number of hydrogen-bond acceptors (Lipinski definition) is 5. The minimum Gasteiger partial charge on any atom is -0.344 e. The van der Waals surface area contributed by atoms with Gasteiger partial charge in [0.1, 0.15) is 11.9 Å². The van der Waals surface area contributed by atoms with Crippen LogP contribution in [0.3, 0.4) is 0 Å². The number of benzene rings is 4. The highest BCUT2D eigenvalue weighted by Crippen LogP contribution is 2.37. The molecule has 0 spiro atoms. The second kappa shape index (κ2) is 16.2. The number of carbonyl (C=O) groups excluding carboxylic acids is 2. The zero-order valence-corrected chi connectivity index (χ0v) is 31.5. The molecule has 2 N–H and O–H groups in total. The summed E-state index contributed by atoms with van der Waals surface area (Å²) in [5.74, 6) is 7.80. The van der Waals surface area contributed by atoms with E-state index in [2.05, 4.69) is 64.8 Å². The van der Waals surface area contributed by atoms with Crippen LogP contribution in [-0.4, -0.2) is 72.6 Å². The Kier molecular flexibility index (Phi) is 10.6. The maximum absolute atomic E-state index is 14.3. The lowest BCUT2D eigenvalue weighted by Crippen LogP contribution is -2.43. The monoisotopic (exact) mass is 729 g/mol. The van der Waals surface area contributed by atoms with E-state index in [-0.39, 0.29) is 29.9 Å². The molecule has 2 saturated heterocycles. The molecule has 55 heavy (non-hydrogen) atoms. The summed E-state index contributed by atoms with van der Waals surface area (Å²) in [4.78, 5) is 50.5. The molecule has 8 rings (SSSR count). The molecule has 0 unspecified atom stereocenters. The quantitative estimate of drug-likeness (QED) is 0.139. The minimum atomic E-state index is -0.326. The van der Waals surface area contributed by atoms with E-state index >= 15 is 0 Å². The summed E-state index contributed by atoms with van der Waals surface area (Å²) in [7, 11) is 0. The van der Waals surface area contributed by atoms with Crippen LogP contribution in [0.1, 0.15) is 91.4 Å². The van der Waals surface area contributed by atoms with Gasteiger partial charge in [-0.3, -0.25) is 14.5 Å². The van der Waals surface area contributed by atoms with Crippen LogP contribution in [0, 0.1) is 11.8 Å². The smallest absolute Gasteiger partial charge is 0.245 e. The molecule has 2 aliphatic heterocycles. The van der Waals surface area contributed by atoms with E-state index in [1.54, 1.807) is 6.33 Å². The summed E-state index contributed by atoms with van der Waals surface area (Å²) in [6.07, 6.45) is 5.76. The first-order chi connectivity index (χ1) is 27.0. The first kappa shape index (κ1) is 36.0. The van der Waals surface area contributed by atoms with Crippen molar-refractivity contribution in [1.29, 1.82) is 0 Å². The molecule has 0 bridgehead atoms. The van der Waals surface area contributed by atoms with Gasteiger partial charge in [0.05, 0.1) is 47.3 Å². The number of amides is 2. The van der Waals surface area contributed by atoms with Gasteiger partial charge in [-0.15, -0.1) is 0 Å². The number of nitrogens with one attached hydrogen (secondary N) is 2. The topological polar surface area (TPSA) is 101 Å². The molecule has 6 aromatic rings. The Hall–Kier alpha value is -5.98. The Morgan fingerprint density at radius 3 is 2.29 bits per heavy atom. The number of aromatic amines is 2. The maximum Gasteiger partial charge on any atom is 0.245 e. The Morgan fingerprint density at radius 1 is 0.818 bits per heavy atom. The predicted molar refractivity (Wildman–Crippen MR) is 216 cm³/mol. The van der Waals surface area contributed by atoms with E-state index in [1.165, 1.54) is 0 Å². The third kappa shape index (κ3) is 7.56. The summed E-state index contributed by atoms with van der Waals surface area (Å²) in [6, 6.07) is 33.8. The van der Waals surface area contributed by atoms with Crippen LogP contribution in [-0.2, 0) is 16.0 Å². The highest BCUT2D eigenvalue weighted by molar-refractivity contribution is 5.84. The molecule has 278 valence electrons. The fraction of sp³-hybridized carbons (Fsp3) is 0.304. The van der Waals surface area contributed by atoms with Crippen molar-refractivity contribution in [2.75, 3.05) is 26.2 Å². The van der Waals surface area contributed by atoms with Crippen molar-refractivity contribution in [3.05, 3.63) is 143 Å². The molecule has 2 amide bonds. The van der Waals surface area contributed by atoms with Crippen LogP contribution in [0.15, 0.2) is 109 Å². The molecule has 4 aromatic carbocycles. The lowest BCUT2D eigenvalue weighted by Gasteiger charge is -2.34. The molecule has 2 aromatic heterocycles. The second-order valence-electron chi connectivity index (χ2n) is 14.5. The molecule has 3 atom stereocenters. The maximum atomic E-state index is 14.3. The molecule has 0 radical (unpaired) electrons. The van der Waals surface area contributed by atoms with Crippen LogP contribution in [0.4, 0.5) is 0 Å². The predicted octanol–water partition coefficient (Wildman–Crippen LogP) is 8.01. The zero-order valence-electron chi connectivity index (χ0n) is 31.5. The molecule has 9 heteroatoms. The highest BCUT2D eigenvalue weighted by Gasteiger charge is 2.38. The van der Waals surface area contributed by atoms with E-state index in [0.29, 0.717) is 13.0 Å². The number of likely N-dealkylation sites (tertiary alicyclic amines) is 2. The van der Waals surface area contributed by atoms with Gasteiger partial charge in [0.15, 0.2) is 0 Å². The SMILES string of the molecule is CCN(CC)[C@@H](C(=O)N1CCC[C@H]1c1nc2ccc(C#Cc3cccc(-c4[nH]cnc4[C@@H]4CCCN4C(=O)Cc4ccccc4)c3)cc2[nH]1)c1ccccc1. The van der Waals surface area contributed by atoms with Crippen molar-refractivity contribution < 1.29 is 9.59 Å². The summed E-state index contributed by atoms with van der Waals surface area (Å²) < 4.78 is 0. The largest absolute Gasteiger partial charge is 0.344 e. The van der Waals surface area contributed by atoms with Crippen molar-refractivity contribution in [2.45, 2.75) is 64.1 Å². The number of imidazole rings is 2. The number of hydrogen-bond donors (Lipinski definition) is 2. The van der Waals surface area contributed by atoms with Crippen molar-refractivity contribution >= 4 is 22.8 Å². The van der Waals surface area contributed by atoms with Crippen LogP contribution >= 0.6 is 0 Å². The average Bonchev–Trinajstić information content (AvgIpc) is 4.06. The number of nitrogens with zero attached hydrogens (tertiary/aromatic N) is 5. The lowest BCUT2D eigenvalue weighted by molar-refractivity contribution is -0.138. The number of fused-ring (bicyclic) bond motifs is 1. The van der Waals surface area contributed by atoms with E-state index in [4.69, 9.17) is 9.97 Å². The van der Waals surface area contributed by atoms with Crippen molar-refractivity contribution in [3.8, 4) is 23.1 Å². The summed E-state index contributed by atoms with van der Waals surface area (Å²) in [5.41, 5.74) is 8.38. The molecular weight excluding hydrogens is 683 g/mol. The zero-order chi connectivity index (χ0) is 37.7. The number of carbonyl (C=O) groups is 2.